The monoisotopic (exact) mass is 520 g/mol. The highest BCUT2D eigenvalue weighted by atomic mass is 16.5. The summed E-state index contributed by atoms with van der Waals surface area (Å²) in [6, 6.07) is 15.6. The Hall–Kier alpha value is -3.85. The van der Waals surface area contributed by atoms with Crippen LogP contribution in [0.15, 0.2) is 65.9 Å². The molecule has 202 valence electrons. The number of piperazine rings is 1. The third-order valence-electron chi connectivity index (χ3n) is 7.04. The molecule has 38 heavy (non-hydrogen) atoms. The number of methoxy groups -OCH3 is 1. The first kappa shape index (κ1) is 27.2. The third kappa shape index (κ3) is 5.67. The molecular formula is C29H36N4O5. The summed E-state index contributed by atoms with van der Waals surface area (Å²) >= 11 is 0. The zero-order valence-corrected chi connectivity index (χ0v) is 22.5. The highest BCUT2D eigenvalue weighted by Gasteiger charge is 2.39. The van der Waals surface area contributed by atoms with E-state index in [4.69, 9.17) is 9.47 Å². The molecule has 1 saturated heterocycles. The Morgan fingerprint density at radius 3 is 2.47 bits per heavy atom. The minimum atomic E-state index is -0.673. The molecule has 0 unspecified atom stereocenters. The van der Waals surface area contributed by atoms with Crippen molar-refractivity contribution in [1.82, 2.24) is 20.0 Å². The van der Waals surface area contributed by atoms with Gasteiger partial charge in [0.1, 0.15) is 5.75 Å². The van der Waals surface area contributed by atoms with Crippen molar-refractivity contribution in [2.24, 2.45) is 0 Å². The summed E-state index contributed by atoms with van der Waals surface area (Å²) in [6.07, 6.45) is 0. The Morgan fingerprint density at radius 2 is 1.82 bits per heavy atom. The number of nitrogens with zero attached hydrogens (tertiary/aromatic N) is 3. The number of esters is 1. The second-order valence-corrected chi connectivity index (χ2v) is 9.43. The molecule has 2 aromatic rings. The van der Waals surface area contributed by atoms with E-state index < -0.39 is 12.0 Å². The van der Waals surface area contributed by atoms with E-state index in [0.717, 1.165) is 5.56 Å². The zero-order valence-electron chi connectivity index (χ0n) is 22.5. The second-order valence-electron chi connectivity index (χ2n) is 9.43. The summed E-state index contributed by atoms with van der Waals surface area (Å²) in [4.78, 5) is 45.4. The standard InChI is InChI=1S/C29H36N4O5/c1-5-32-24(19-31-15-16-33(20(3)18-31)27(34)21-11-8-7-9-12-21)25(28(35)38-6-2)26(30-29(32)36)22-13-10-14-23(17-22)37-4/h7-14,17,20,26H,5-6,15-16,18-19H2,1-4H3,(H,30,36)/t20-,26-/m0/s1. The number of ether oxygens (including phenoxy) is 2. The number of benzene rings is 2. The normalized spacial score (nSPS) is 20.3. The first-order chi connectivity index (χ1) is 18.4. The Morgan fingerprint density at radius 1 is 1.05 bits per heavy atom. The van der Waals surface area contributed by atoms with Gasteiger partial charge in [0, 0.05) is 50.0 Å². The van der Waals surface area contributed by atoms with E-state index in [9.17, 15) is 14.4 Å². The quantitative estimate of drug-likeness (QED) is 0.537. The van der Waals surface area contributed by atoms with E-state index in [0.29, 0.717) is 55.3 Å². The maximum atomic E-state index is 13.4. The van der Waals surface area contributed by atoms with Crippen molar-refractivity contribution in [2.75, 3.05) is 46.4 Å². The van der Waals surface area contributed by atoms with Crippen molar-refractivity contribution in [3.8, 4) is 5.75 Å². The lowest BCUT2D eigenvalue weighted by Crippen LogP contribution is -2.56. The summed E-state index contributed by atoms with van der Waals surface area (Å²) in [5.41, 5.74) is 2.44. The molecule has 0 radical (unpaired) electrons. The van der Waals surface area contributed by atoms with E-state index in [1.807, 2.05) is 73.3 Å². The number of hydrogen-bond acceptors (Lipinski definition) is 6. The highest BCUT2D eigenvalue weighted by Crippen LogP contribution is 2.33. The lowest BCUT2D eigenvalue weighted by Gasteiger charge is -2.43. The van der Waals surface area contributed by atoms with Crippen LogP contribution in [0.25, 0.3) is 0 Å². The Labute approximate surface area is 224 Å². The largest absolute Gasteiger partial charge is 0.497 e. The molecule has 1 fully saturated rings. The second kappa shape index (κ2) is 12.1. The first-order valence-electron chi connectivity index (χ1n) is 13.1. The van der Waals surface area contributed by atoms with Gasteiger partial charge in [-0.15, -0.1) is 0 Å². The Kier molecular flexibility index (Phi) is 8.68. The van der Waals surface area contributed by atoms with Crippen LogP contribution < -0.4 is 10.1 Å². The molecule has 0 aromatic heterocycles. The van der Waals surface area contributed by atoms with Crippen molar-refractivity contribution < 1.29 is 23.9 Å². The average molecular weight is 521 g/mol. The Bertz CT molecular complexity index is 1200. The molecule has 2 heterocycles. The minimum absolute atomic E-state index is 0.00879. The van der Waals surface area contributed by atoms with Crippen LogP contribution in [0.3, 0.4) is 0 Å². The van der Waals surface area contributed by atoms with E-state index in [2.05, 4.69) is 10.2 Å². The van der Waals surface area contributed by atoms with E-state index in [-0.39, 0.29) is 24.6 Å². The van der Waals surface area contributed by atoms with Gasteiger partial charge in [-0.25, -0.2) is 9.59 Å². The maximum Gasteiger partial charge on any atom is 0.338 e. The molecule has 9 heteroatoms. The van der Waals surface area contributed by atoms with Crippen molar-refractivity contribution in [3.05, 3.63) is 77.0 Å². The van der Waals surface area contributed by atoms with Gasteiger partial charge in [0.25, 0.3) is 5.91 Å². The van der Waals surface area contributed by atoms with Crippen molar-refractivity contribution in [1.29, 1.82) is 0 Å². The summed E-state index contributed by atoms with van der Waals surface area (Å²) in [7, 11) is 1.58. The molecule has 2 aliphatic rings. The molecule has 0 aliphatic carbocycles. The topological polar surface area (TPSA) is 91.4 Å². The lowest BCUT2D eigenvalue weighted by atomic mass is 9.93. The van der Waals surface area contributed by atoms with Crippen LogP contribution in [0.4, 0.5) is 4.79 Å². The number of carbonyl (C=O) groups excluding carboxylic acids is 3. The molecule has 2 aromatic carbocycles. The molecule has 2 aliphatic heterocycles. The number of rotatable bonds is 8. The van der Waals surface area contributed by atoms with E-state index in [1.54, 1.807) is 18.9 Å². The predicted octanol–water partition coefficient (Wildman–Crippen LogP) is 3.45. The average Bonchev–Trinajstić information content (AvgIpc) is 2.93. The summed E-state index contributed by atoms with van der Waals surface area (Å²) in [6.45, 7) is 8.46. The van der Waals surface area contributed by atoms with Gasteiger partial charge in [0.2, 0.25) is 0 Å². The molecule has 0 bridgehead atoms. The molecule has 9 nitrogen and oxygen atoms in total. The fourth-order valence-corrected chi connectivity index (χ4v) is 5.17. The first-order valence-corrected chi connectivity index (χ1v) is 13.1. The van der Waals surface area contributed by atoms with Gasteiger partial charge in [-0.3, -0.25) is 14.6 Å². The van der Waals surface area contributed by atoms with E-state index >= 15 is 0 Å². The van der Waals surface area contributed by atoms with Gasteiger partial charge >= 0.3 is 12.0 Å². The zero-order chi connectivity index (χ0) is 27.2. The summed E-state index contributed by atoms with van der Waals surface area (Å²) in [5, 5.41) is 2.99. The van der Waals surface area contributed by atoms with Crippen LogP contribution in [-0.2, 0) is 9.53 Å². The van der Waals surface area contributed by atoms with Crippen LogP contribution in [-0.4, -0.2) is 85.1 Å². The Balaban J connectivity index is 1.64. The van der Waals surface area contributed by atoms with Crippen LogP contribution in [0.2, 0.25) is 0 Å². The number of amides is 3. The molecule has 0 saturated carbocycles. The van der Waals surface area contributed by atoms with E-state index in [1.165, 1.54) is 0 Å². The van der Waals surface area contributed by atoms with Gasteiger partial charge in [-0.1, -0.05) is 30.3 Å². The van der Waals surface area contributed by atoms with Crippen molar-refractivity contribution in [2.45, 2.75) is 32.9 Å². The third-order valence-corrected chi connectivity index (χ3v) is 7.04. The van der Waals surface area contributed by atoms with Crippen LogP contribution in [0.1, 0.15) is 42.7 Å². The van der Waals surface area contributed by atoms with Gasteiger partial charge in [-0.05, 0) is 50.6 Å². The summed E-state index contributed by atoms with van der Waals surface area (Å²) < 4.78 is 10.9. The van der Waals surface area contributed by atoms with Gasteiger partial charge in [0.05, 0.1) is 25.3 Å². The maximum absolute atomic E-state index is 13.4. The number of nitrogens with one attached hydrogen (secondary N) is 1. The van der Waals surface area contributed by atoms with Crippen molar-refractivity contribution >= 4 is 17.9 Å². The molecule has 4 rings (SSSR count). The van der Waals surface area contributed by atoms with Crippen LogP contribution >= 0.6 is 0 Å². The van der Waals surface area contributed by atoms with Crippen LogP contribution in [0, 0.1) is 0 Å². The SMILES string of the molecule is CCOC(=O)C1=C(CN2CCN(C(=O)c3ccccc3)[C@@H](C)C2)N(CC)C(=O)N[C@H]1c1cccc(OC)c1. The fraction of sp³-hybridized carbons (Fsp3) is 0.414. The van der Waals surface area contributed by atoms with Crippen LogP contribution in [0.5, 0.6) is 5.75 Å². The summed E-state index contributed by atoms with van der Waals surface area (Å²) in [5.74, 6) is 0.182. The predicted molar refractivity (Wildman–Crippen MR) is 144 cm³/mol. The smallest absolute Gasteiger partial charge is 0.338 e. The minimum Gasteiger partial charge on any atom is -0.497 e. The molecule has 0 spiro atoms. The van der Waals surface area contributed by atoms with Gasteiger partial charge in [0.15, 0.2) is 0 Å². The number of carbonyl (C=O) groups is 3. The molecule has 3 amide bonds. The van der Waals surface area contributed by atoms with Crippen molar-refractivity contribution in [3.63, 3.8) is 0 Å². The number of urea groups is 1. The fourth-order valence-electron chi connectivity index (χ4n) is 5.17. The highest BCUT2D eigenvalue weighted by molar-refractivity contribution is 5.95. The number of likely N-dealkylation sites (N-methyl/N-ethyl adjacent to an activating group) is 1. The van der Waals surface area contributed by atoms with Gasteiger partial charge < -0.3 is 19.7 Å². The lowest BCUT2D eigenvalue weighted by molar-refractivity contribution is -0.139. The van der Waals surface area contributed by atoms with Gasteiger partial charge in [-0.2, -0.15) is 0 Å². The number of hydrogen-bond donors (Lipinski definition) is 1. The molecule has 2 atom stereocenters. The molecular weight excluding hydrogens is 484 g/mol. The molecule has 1 N–H and O–H groups in total.